The summed E-state index contributed by atoms with van der Waals surface area (Å²) in [5.41, 5.74) is 3.23. The summed E-state index contributed by atoms with van der Waals surface area (Å²) in [6, 6.07) is 14.8. The Morgan fingerprint density at radius 1 is 1.00 bits per heavy atom. The maximum Gasteiger partial charge on any atom is 0.222 e. The molecule has 2 saturated heterocycles. The Morgan fingerprint density at radius 2 is 1.83 bits per heavy atom. The molecular formula is C25H30N2O3. The lowest BCUT2D eigenvalue weighted by molar-refractivity contribution is -0.135. The van der Waals surface area contributed by atoms with Gasteiger partial charge in [-0.1, -0.05) is 36.4 Å². The molecule has 2 aliphatic heterocycles. The molecule has 3 aromatic rings. The number of piperidine rings is 1. The van der Waals surface area contributed by atoms with Crippen LogP contribution in [0.3, 0.4) is 0 Å². The van der Waals surface area contributed by atoms with Gasteiger partial charge >= 0.3 is 0 Å². The maximum absolute atomic E-state index is 12.5. The highest BCUT2D eigenvalue weighted by molar-refractivity contribution is 6.05. The monoisotopic (exact) mass is 406 g/mol. The summed E-state index contributed by atoms with van der Waals surface area (Å²) in [7, 11) is 0. The number of hydrogen-bond acceptors (Lipinski definition) is 4. The molecule has 0 unspecified atom stereocenters. The topological polar surface area (TPSA) is 45.9 Å². The zero-order chi connectivity index (χ0) is 20.3. The largest absolute Gasteiger partial charge is 0.456 e. The van der Waals surface area contributed by atoms with Crippen LogP contribution in [0.2, 0.25) is 0 Å². The summed E-state index contributed by atoms with van der Waals surface area (Å²) in [5.74, 6) is 0.890. The number of fused-ring (bicyclic) bond motifs is 3. The van der Waals surface area contributed by atoms with Gasteiger partial charge in [0.15, 0.2) is 0 Å². The van der Waals surface area contributed by atoms with E-state index in [9.17, 15) is 4.79 Å². The number of morpholine rings is 1. The van der Waals surface area contributed by atoms with E-state index in [1.165, 1.54) is 29.2 Å². The SMILES string of the molecule is O=C(CC[C@@H]1CCCN(Cc2cccc3c2oc2ccccc23)C1)N1CCOCC1. The predicted octanol–water partition coefficient (Wildman–Crippen LogP) is 4.44. The predicted molar refractivity (Wildman–Crippen MR) is 118 cm³/mol. The number of hydrogen-bond donors (Lipinski definition) is 0. The number of amides is 1. The molecular weight excluding hydrogens is 376 g/mol. The number of carbonyl (C=O) groups excluding carboxylic acids is 1. The molecule has 2 fully saturated rings. The van der Waals surface area contributed by atoms with Crippen LogP contribution in [0, 0.1) is 5.92 Å². The number of benzene rings is 2. The van der Waals surface area contributed by atoms with Gasteiger partial charge in [-0.2, -0.15) is 0 Å². The molecule has 2 aromatic carbocycles. The van der Waals surface area contributed by atoms with Crippen molar-refractivity contribution in [1.82, 2.24) is 9.80 Å². The zero-order valence-electron chi connectivity index (χ0n) is 17.5. The Hall–Kier alpha value is -2.37. The summed E-state index contributed by atoms with van der Waals surface area (Å²) in [6.45, 7) is 5.93. The third-order valence-electron chi connectivity index (χ3n) is 6.61. The molecule has 5 nitrogen and oxygen atoms in total. The number of para-hydroxylation sites is 2. The van der Waals surface area contributed by atoms with Crippen LogP contribution < -0.4 is 0 Å². The van der Waals surface area contributed by atoms with Gasteiger partial charge in [0.25, 0.3) is 0 Å². The van der Waals surface area contributed by atoms with E-state index in [-0.39, 0.29) is 0 Å². The molecule has 0 saturated carbocycles. The molecule has 158 valence electrons. The number of carbonyl (C=O) groups is 1. The van der Waals surface area contributed by atoms with E-state index in [2.05, 4.69) is 35.2 Å². The van der Waals surface area contributed by atoms with E-state index in [1.807, 2.05) is 17.0 Å². The molecule has 1 aromatic heterocycles. The summed E-state index contributed by atoms with van der Waals surface area (Å²) >= 11 is 0. The lowest BCUT2D eigenvalue weighted by Gasteiger charge is -2.33. The Labute approximate surface area is 177 Å². The molecule has 5 rings (SSSR count). The van der Waals surface area contributed by atoms with Gasteiger partial charge < -0.3 is 14.1 Å². The molecule has 2 aliphatic rings. The van der Waals surface area contributed by atoms with Gasteiger partial charge in [-0.05, 0) is 37.8 Å². The third-order valence-corrected chi connectivity index (χ3v) is 6.61. The molecule has 0 aliphatic carbocycles. The molecule has 5 heteroatoms. The molecule has 1 atom stereocenters. The van der Waals surface area contributed by atoms with Crippen LogP contribution in [0.15, 0.2) is 46.9 Å². The average molecular weight is 407 g/mol. The van der Waals surface area contributed by atoms with Crippen molar-refractivity contribution in [2.75, 3.05) is 39.4 Å². The summed E-state index contributed by atoms with van der Waals surface area (Å²) in [6.07, 6.45) is 4.08. The standard InChI is InChI=1S/C25H30N2O3/c28-24(27-13-15-29-16-14-27)11-10-19-5-4-12-26(17-19)18-20-6-3-8-22-21-7-1-2-9-23(21)30-25(20)22/h1-3,6-9,19H,4-5,10-18H2/t19-/m0/s1. The molecule has 0 N–H and O–H groups in total. The minimum Gasteiger partial charge on any atom is -0.456 e. The normalized spacial score (nSPS) is 20.8. The van der Waals surface area contributed by atoms with Crippen molar-refractivity contribution in [2.24, 2.45) is 5.92 Å². The van der Waals surface area contributed by atoms with Gasteiger partial charge in [0.2, 0.25) is 5.91 Å². The third kappa shape index (κ3) is 4.09. The van der Waals surface area contributed by atoms with Crippen molar-refractivity contribution < 1.29 is 13.9 Å². The summed E-state index contributed by atoms with van der Waals surface area (Å²) in [4.78, 5) is 17.0. The van der Waals surface area contributed by atoms with Crippen LogP contribution >= 0.6 is 0 Å². The van der Waals surface area contributed by atoms with Crippen molar-refractivity contribution in [3.8, 4) is 0 Å². The quantitative estimate of drug-likeness (QED) is 0.629. The number of furan rings is 1. The van der Waals surface area contributed by atoms with E-state index in [4.69, 9.17) is 9.15 Å². The van der Waals surface area contributed by atoms with Crippen LogP contribution in [0.25, 0.3) is 21.9 Å². The van der Waals surface area contributed by atoms with Crippen molar-refractivity contribution >= 4 is 27.8 Å². The molecule has 30 heavy (non-hydrogen) atoms. The first-order valence-electron chi connectivity index (χ1n) is 11.2. The number of nitrogens with zero attached hydrogens (tertiary/aromatic N) is 2. The summed E-state index contributed by atoms with van der Waals surface area (Å²) < 4.78 is 11.6. The number of likely N-dealkylation sites (tertiary alicyclic amines) is 1. The number of rotatable bonds is 5. The van der Waals surface area contributed by atoms with Gasteiger partial charge in [0.1, 0.15) is 11.2 Å². The number of ether oxygens (including phenoxy) is 1. The lowest BCUT2D eigenvalue weighted by Crippen LogP contribution is -2.41. The van der Waals surface area contributed by atoms with E-state index >= 15 is 0 Å². The molecule has 0 bridgehead atoms. The Kier molecular flexibility index (Phi) is 5.73. The van der Waals surface area contributed by atoms with Crippen molar-refractivity contribution in [3.05, 3.63) is 48.0 Å². The van der Waals surface area contributed by atoms with Crippen LogP contribution in [-0.4, -0.2) is 55.1 Å². The molecule has 3 heterocycles. The van der Waals surface area contributed by atoms with E-state index in [0.29, 0.717) is 31.5 Å². The maximum atomic E-state index is 12.5. The van der Waals surface area contributed by atoms with Crippen molar-refractivity contribution in [3.63, 3.8) is 0 Å². The van der Waals surface area contributed by atoms with Crippen LogP contribution in [-0.2, 0) is 16.1 Å². The second-order valence-corrected chi connectivity index (χ2v) is 8.67. The summed E-state index contributed by atoms with van der Waals surface area (Å²) in [5, 5.41) is 2.39. The first-order valence-corrected chi connectivity index (χ1v) is 11.2. The van der Waals surface area contributed by atoms with E-state index in [0.717, 1.165) is 50.3 Å². The van der Waals surface area contributed by atoms with Gasteiger partial charge in [-0.25, -0.2) is 0 Å². The fourth-order valence-electron chi connectivity index (χ4n) is 5.00. The van der Waals surface area contributed by atoms with Crippen molar-refractivity contribution in [1.29, 1.82) is 0 Å². The Balaban J connectivity index is 1.23. The first kappa shape index (κ1) is 19.6. The second kappa shape index (κ2) is 8.78. The average Bonchev–Trinajstić information content (AvgIpc) is 3.18. The van der Waals surface area contributed by atoms with Gasteiger partial charge in [0, 0.05) is 48.9 Å². The van der Waals surface area contributed by atoms with Gasteiger partial charge in [-0.3, -0.25) is 9.69 Å². The Morgan fingerprint density at radius 3 is 2.73 bits per heavy atom. The fourth-order valence-corrected chi connectivity index (χ4v) is 5.00. The van der Waals surface area contributed by atoms with Crippen LogP contribution in [0.4, 0.5) is 0 Å². The Bertz CT molecular complexity index is 1020. The molecule has 0 radical (unpaired) electrons. The smallest absolute Gasteiger partial charge is 0.222 e. The lowest BCUT2D eigenvalue weighted by atomic mass is 9.92. The van der Waals surface area contributed by atoms with E-state index < -0.39 is 0 Å². The molecule has 1 amide bonds. The zero-order valence-corrected chi connectivity index (χ0v) is 17.5. The minimum atomic E-state index is 0.294. The second-order valence-electron chi connectivity index (χ2n) is 8.67. The minimum absolute atomic E-state index is 0.294. The van der Waals surface area contributed by atoms with Gasteiger partial charge in [0.05, 0.1) is 13.2 Å². The van der Waals surface area contributed by atoms with Crippen LogP contribution in [0.1, 0.15) is 31.2 Å². The van der Waals surface area contributed by atoms with E-state index in [1.54, 1.807) is 0 Å². The molecule has 0 spiro atoms. The first-order chi connectivity index (χ1) is 14.8. The highest BCUT2D eigenvalue weighted by Gasteiger charge is 2.23. The van der Waals surface area contributed by atoms with Crippen LogP contribution in [0.5, 0.6) is 0 Å². The highest BCUT2D eigenvalue weighted by atomic mass is 16.5. The fraction of sp³-hybridized carbons (Fsp3) is 0.480. The van der Waals surface area contributed by atoms with Gasteiger partial charge in [-0.15, -0.1) is 0 Å². The van der Waals surface area contributed by atoms with Crippen molar-refractivity contribution in [2.45, 2.75) is 32.2 Å². The highest BCUT2D eigenvalue weighted by Crippen LogP contribution is 2.32.